The summed E-state index contributed by atoms with van der Waals surface area (Å²) in [4.78, 5) is 6.06. The van der Waals surface area contributed by atoms with Crippen LogP contribution in [0.3, 0.4) is 0 Å². The Morgan fingerprint density at radius 1 is 1.11 bits per heavy atom. The van der Waals surface area contributed by atoms with Gasteiger partial charge in [-0.2, -0.15) is 13.2 Å². The average Bonchev–Trinajstić information content (AvgIpc) is 3.38. The second kappa shape index (κ2) is 10.5. The van der Waals surface area contributed by atoms with Gasteiger partial charge in [0.15, 0.2) is 11.5 Å². The Labute approximate surface area is 212 Å². The third-order valence-corrected chi connectivity index (χ3v) is 5.88. The number of hydrogen-bond donors (Lipinski definition) is 1. The van der Waals surface area contributed by atoms with E-state index in [1.807, 2.05) is 31.2 Å². The van der Waals surface area contributed by atoms with Crippen molar-refractivity contribution in [3.63, 3.8) is 0 Å². The van der Waals surface area contributed by atoms with Gasteiger partial charge in [0.05, 0.1) is 12.1 Å². The largest absolute Gasteiger partial charge is 0.494 e. The van der Waals surface area contributed by atoms with Gasteiger partial charge in [0.2, 0.25) is 0 Å². The van der Waals surface area contributed by atoms with E-state index in [1.165, 1.54) is 17.2 Å². The number of fused-ring (bicyclic) bond motifs is 2. The molecule has 7 nitrogen and oxygen atoms in total. The van der Waals surface area contributed by atoms with E-state index in [1.54, 1.807) is 16.5 Å². The van der Waals surface area contributed by atoms with Crippen LogP contribution >= 0.6 is 24.8 Å². The standard InChI is InChI=1S/C23H23F3N6O.2ClH/c1-2-33-17-6-3-14-4-7-18(28-19(14)11-17)22-30-29-20-8-5-15(12-32(20)22)21(23(24,25)26)31-10-9-16(27)13-31;;/h3-8,11-12,16,21H,2,9-10,13,27H2,1H3;2*1H/t16?,21-;;/m0../s1. The molecule has 12 heteroatoms. The second-order valence-corrected chi connectivity index (χ2v) is 8.19. The summed E-state index contributed by atoms with van der Waals surface area (Å²) in [5.41, 5.74) is 7.65. The van der Waals surface area contributed by atoms with Gasteiger partial charge in [-0.3, -0.25) is 9.30 Å². The maximum absolute atomic E-state index is 14.1. The van der Waals surface area contributed by atoms with Gasteiger partial charge in [0, 0.05) is 36.8 Å². The molecule has 0 bridgehead atoms. The van der Waals surface area contributed by atoms with E-state index in [0.29, 0.717) is 48.0 Å². The van der Waals surface area contributed by atoms with Gasteiger partial charge >= 0.3 is 6.18 Å². The smallest absolute Gasteiger partial charge is 0.408 e. The number of hydrogen-bond acceptors (Lipinski definition) is 6. The number of ether oxygens (including phenoxy) is 1. The van der Waals surface area contributed by atoms with Crippen molar-refractivity contribution in [1.29, 1.82) is 0 Å². The summed E-state index contributed by atoms with van der Waals surface area (Å²) in [7, 11) is 0. The zero-order valence-electron chi connectivity index (χ0n) is 18.8. The highest BCUT2D eigenvalue weighted by Gasteiger charge is 2.46. The Morgan fingerprint density at radius 2 is 1.89 bits per heavy atom. The first-order valence-corrected chi connectivity index (χ1v) is 10.8. The van der Waals surface area contributed by atoms with Crippen molar-refractivity contribution in [2.45, 2.75) is 31.6 Å². The molecule has 0 spiro atoms. The monoisotopic (exact) mass is 528 g/mol. The van der Waals surface area contributed by atoms with Crippen molar-refractivity contribution in [1.82, 2.24) is 24.5 Å². The number of nitrogens with two attached hydrogens (primary N) is 1. The molecule has 4 heterocycles. The Morgan fingerprint density at radius 3 is 2.57 bits per heavy atom. The first kappa shape index (κ1) is 26.9. The minimum atomic E-state index is -4.44. The maximum Gasteiger partial charge on any atom is 0.408 e. The lowest BCUT2D eigenvalue weighted by Gasteiger charge is -2.30. The lowest BCUT2D eigenvalue weighted by atomic mass is 10.1. The Kier molecular flexibility index (Phi) is 8.10. The molecule has 4 aromatic rings. The Bertz CT molecular complexity index is 1320. The summed E-state index contributed by atoms with van der Waals surface area (Å²) in [6, 6.07) is 10.3. The predicted molar refractivity (Wildman–Crippen MR) is 132 cm³/mol. The number of halogens is 5. The lowest BCUT2D eigenvalue weighted by Crippen LogP contribution is -2.38. The number of nitrogens with zero attached hydrogens (tertiary/aromatic N) is 5. The van der Waals surface area contributed by atoms with E-state index < -0.39 is 12.2 Å². The third kappa shape index (κ3) is 5.30. The van der Waals surface area contributed by atoms with Crippen molar-refractivity contribution in [3.05, 3.63) is 54.2 Å². The van der Waals surface area contributed by atoms with Gasteiger partial charge in [-0.15, -0.1) is 35.0 Å². The van der Waals surface area contributed by atoms with Crippen LogP contribution in [0.2, 0.25) is 0 Å². The number of likely N-dealkylation sites (tertiary alicyclic amines) is 1. The molecule has 1 unspecified atom stereocenters. The minimum Gasteiger partial charge on any atom is -0.494 e. The zero-order chi connectivity index (χ0) is 23.2. The summed E-state index contributed by atoms with van der Waals surface area (Å²) in [6.07, 6.45) is -2.45. The third-order valence-electron chi connectivity index (χ3n) is 5.88. The van der Waals surface area contributed by atoms with Crippen molar-refractivity contribution < 1.29 is 17.9 Å². The van der Waals surface area contributed by atoms with E-state index in [-0.39, 0.29) is 43.0 Å². The molecule has 5 rings (SSSR count). The fourth-order valence-electron chi connectivity index (χ4n) is 4.38. The summed E-state index contributed by atoms with van der Waals surface area (Å²) >= 11 is 0. The highest BCUT2D eigenvalue weighted by molar-refractivity contribution is 5.85. The molecule has 1 saturated heterocycles. The number of pyridine rings is 2. The van der Waals surface area contributed by atoms with Gasteiger partial charge in [0.1, 0.15) is 17.5 Å². The Balaban J connectivity index is 0.00000171. The molecule has 0 amide bonds. The molecule has 3 aromatic heterocycles. The summed E-state index contributed by atoms with van der Waals surface area (Å²) in [6.45, 7) is 2.93. The van der Waals surface area contributed by atoms with Crippen molar-refractivity contribution in [3.8, 4) is 17.3 Å². The molecule has 1 aromatic carbocycles. The van der Waals surface area contributed by atoms with Gasteiger partial charge in [0.25, 0.3) is 0 Å². The molecule has 1 aliphatic heterocycles. The van der Waals surface area contributed by atoms with Crippen LogP contribution in [-0.4, -0.2) is 56.4 Å². The van der Waals surface area contributed by atoms with Crippen LogP contribution in [0.4, 0.5) is 13.2 Å². The van der Waals surface area contributed by atoms with Crippen LogP contribution in [0, 0.1) is 0 Å². The van der Waals surface area contributed by atoms with Crippen LogP contribution in [-0.2, 0) is 0 Å². The highest BCUT2D eigenvalue weighted by atomic mass is 35.5. The topological polar surface area (TPSA) is 81.6 Å². The average molecular weight is 529 g/mol. The molecule has 0 aliphatic carbocycles. The fraction of sp³-hybridized carbons (Fsp3) is 0.348. The second-order valence-electron chi connectivity index (χ2n) is 8.19. The number of benzene rings is 1. The van der Waals surface area contributed by atoms with E-state index >= 15 is 0 Å². The number of rotatable bonds is 5. The van der Waals surface area contributed by atoms with E-state index in [4.69, 9.17) is 10.5 Å². The molecule has 1 aliphatic rings. The van der Waals surface area contributed by atoms with Crippen LogP contribution < -0.4 is 10.5 Å². The van der Waals surface area contributed by atoms with Gasteiger partial charge in [-0.25, -0.2) is 4.98 Å². The SMILES string of the molecule is CCOc1ccc2ccc(-c3nnc4ccc([C@H](N5CCC(N)C5)C(F)(F)F)cn34)nc2c1.Cl.Cl. The number of alkyl halides is 3. The molecule has 2 atom stereocenters. The lowest BCUT2D eigenvalue weighted by molar-refractivity contribution is -0.183. The van der Waals surface area contributed by atoms with Crippen LogP contribution in [0.25, 0.3) is 28.1 Å². The van der Waals surface area contributed by atoms with Crippen LogP contribution in [0.5, 0.6) is 5.75 Å². The van der Waals surface area contributed by atoms with Crippen molar-refractivity contribution >= 4 is 41.4 Å². The van der Waals surface area contributed by atoms with E-state index in [2.05, 4.69) is 15.2 Å². The minimum absolute atomic E-state index is 0. The highest BCUT2D eigenvalue weighted by Crippen LogP contribution is 2.39. The molecule has 2 N–H and O–H groups in total. The first-order valence-electron chi connectivity index (χ1n) is 10.8. The van der Waals surface area contributed by atoms with Gasteiger partial charge in [-0.05, 0) is 43.2 Å². The normalized spacial score (nSPS) is 17.2. The van der Waals surface area contributed by atoms with Gasteiger partial charge < -0.3 is 10.5 Å². The van der Waals surface area contributed by atoms with Crippen LogP contribution in [0.1, 0.15) is 24.9 Å². The fourth-order valence-corrected chi connectivity index (χ4v) is 4.38. The summed E-state index contributed by atoms with van der Waals surface area (Å²) < 4.78 is 49.3. The zero-order valence-corrected chi connectivity index (χ0v) is 20.4. The van der Waals surface area contributed by atoms with Crippen molar-refractivity contribution in [2.24, 2.45) is 5.73 Å². The molecule has 0 saturated carbocycles. The summed E-state index contributed by atoms with van der Waals surface area (Å²) in [5.74, 6) is 1.06. The summed E-state index contributed by atoms with van der Waals surface area (Å²) in [5, 5.41) is 9.25. The quantitative estimate of drug-likeness (QED) is 0.399. The van der Waals surface area contributed by atoms with E-state index in [0.717, 1.165) is 5.39 Å². The molecule has 188 valence electrons. The maximum atomic E-state index is 14.1. The van der Waals surface area contributed by atoms with Crippen molar-refractivity contribution in [2.75, 3.05) is 19.7 Å². The Hall–Kier alpha value is -2.66. The number of aromatic nitrogens is 4. The molecule has 35 heavy (non-hydrogen) atoms. The van der Waals surface area contributed by atoms with Gasteiger partial charge in [-0.1, -0.05) is 12.1 Å². The molecular weight excluding hydrogens is 504 g/mol. The van der Waals surface area contributed by atoms with Crippen LogP contribution in [0.15, 0.2) is 48.7 Å². The molecule has 1 fully saturated rings. The molecular formula is C23H25Cl2F3N6O. The first-order chi connectivity index (χ1) is 15.8. The predicted octanol–water partition coefficient (Wildman–Crippen LogP) is 4.82. The molecule has 0 radical (unpaired) electrons. The van der Waals surface area contributed by atoms with E-state index in [9.17, 15) is 13.2 Å².